The van der Waals surface area contributed by atoms with E-state index >= 15 is 0 Å². The highest BCUT2D eigenvalue weighted by Gasteiger charge is 2.16. The van der Waals surface area contributed by atoms with E-state index in [0.29, 0.717) is 18.1 Å². The predicted molar refractivity (Wildman–Crippen MR) is 122 cm³/mol. The van der Waals surface area contributed by atoms with Crippen molar-refractivity contribution in [1.29, 1.82) is 0 Å². The number of rotatable bonds is 7. The van der Waals surface area contributed by atoms with E-state index in [0.717, 1.165) is 48.4 Å². The maximum Gasteiger partial charge on any atom is 0.228 e. The van der Waals surface area contributed by atoms with Crippen LogP contribution in [0.2, 0.25) is 0 Å². The summed E-state index contributed by atoms with van der Waals surface area (Å²) in [6, 6.07) is 16.7. The largest absolute Gasteiger partial charge is 0.300 e. The van der Waals surface area contributed by atoms with Crippen LogP contribution in [0.5, 0.6) is 0 Å². The van der Waals surface area contributed by atoms with Gasteiger partial charge in [-0.1, -0.05) is 53.8 Å². The van der Waals surface area contributed by atoms with E-state index in [1.54, 1.807) is 0 Å². The number of para-hydroxylation sites is 1. The second kappa shape index (κ2) is 8.95. The molecule has 0 saturated heterocycles. The zero-order chi connectivity index (χ0) is 21.0. The molecule has 0 fully saturated rings. The molecular weight excluding hydrogens is 408 g/mol. The van der Waals surface area contributed by atoms with Crippen LogP contribution in [0, 0.1) is 0 Å². The molecule has 5 rings (SSSR count). The van der Waals surface area contributed by atoms with Gasteiger partial charge in [0.2, 0.25) is 11.0 Å². The number of fused-ring (bicyclic) bond motifs is 2. The SMILES string of the molecule is O=C(CCn1ncc2ccccc21)Nc1nnc(CCN2CCc3ccccc3C2)s1. The molecule has 31 heavy (non-hydrogen) atoms. The number of aromatic nitrogens is 4. The molecule has 1 amide bonds. The van der Waals surface area contributed by atoms with Crippen LogP contribution in [0.25, 0.3) is 10.9 Å². The molecule has 1 aliphatic heterocycles. The molecule has 7 nitrogen and oxygen atoms in total. The Balaban J connectivity index is 1.10. The van der Waals surface area contributed by atoms with Crippen molar-refractivity contribution in [2.75, 3.05) is 18.4 Å². The van der Waals surface area contributed by atoms with Gasteiger partial charge in [0.05, 0.1) is 18.3 Å². The van der Waals surface area contributed by atoms with Crippen molar-refractivity contribution < 1.29 is 4.79 Å². The molecule has 158 valence electrons. The molecule has 2 aromatic carbocycles. The van der Waals surface area contributed by atoms with E-state index in [2.05, 4.69) is 49.8 Å². The molecule has 8 heteroatoms. The Morgan fingerprint density at radius 3 is 2.81 bits per heavy atom. The Morgan fingerprint density at radius 1 is 1.03 bits per heavy atom. The van der Waals surface area contributed by atoms with Crippen LogP contribution in [-0.2, 0) is 30.7 Å². The average molecular weight is 433 g/mol. The fourth-order valence-electron chi connectivity index (χ4n) is 4.00. The summed E-state index contributed by atoms with van der Waals surface area (Å²) in [6.45, 7) is 3.53. The Labute approximate surface area is 184 Å². The number of aryl methyl sites for hydroxylation is 1. The van der Waals surface area contributed by atoms with Gasteiger partial charge in [-0.2, -0.15) is 5.10 Å². The number of carbonyl (C=O) groups excluding carboxylic acids is 1. The fraction of sp³-hybridized carbons (Fsp3) is 0.304. The van der Waals surface area contributed by atoms with Gasteiger partial charge in [0.15, 0.2) is 0 Å². The Bertz CT molecular complexity index is 1200. The normalized spacial score (nSPS) is 13.9. The van der Waals surface area contributed by atoms with Gasteiger partial charge in [-0.3, -0.25) is 14.4 Å². The Morgan fingerprint density at radius 2 is 1.87 bits per heavy atom. The molecule has 0 aliphatic carbocycles. The van der Waals surface area contributed by atoms with Crippen molar-refractivity contribution in [3.8, 4) is 0 Å². The highest BCUT2D eigenvalue weighted by atomic mass is 32.1. The quantitative estimate of drug-likeness (QED) is 0.484. The lowest BCUT2D eigenvalue weighted by atomic mass is 10.00. The summed E-state index contributed by atoms with van der Waals surface area (Å²) in [7, 11) is 0. The molecule has 0 saturated carbocycles. The second-order valence-electron chi connectivity index (χ2n) is 7.77. The number of anilines is 1. The van der Waals surface area contributed by atoms with E-state index in [1.807, 2.05) is 35.1 Å². The fourth-order valence-corrected chi connectivity index (χ4v) is 4.74. The molecule has 3 heterocycles. The smallest absolute Gasteiger partial charge is 0.228 e. The van der Waals surface area contributed by atoms with Gasteiger partial charge in [-0.15, -0.1) is 10.2 Å². The zero-order valence-corrected chi connectivity index (χ0v) is 18.0. The second-order valence-corrected chi connectivity index (χ2v) is 8.83. The first-order valence-corrected chi connectivity index (χ1v) is 11.4. The van der Waals surface area contributed by atoms with Gasteiger partial charge in [0.25, 0.3) is 0 Å². The first-order chi connectivity index (χ1) is 15.2. The molecule has 4 aromatic rings. The topological polar surface area (TPSA) is 75.9 Å². The van der Waals surface area contributed by atoms with E-state index in [1.165, 1.54) is 22.5 Å². The minimum absolute atomic E-state index is 0.0741. The van der Waals surface area contributed by atoms with Gasteiger partial charge >= 0.3 is 0 Å². The molecule has 0 bridgehead atoms. The molecule has 1 aliphatic rings. The van der Waals surface area contributed by atoms with Gasteiger partial charge < -0.3 is 5.32 Å². The molecule has 0 radical (unpaired) electrons. The molecular formula is C23H24N6OS. The molecule has 0 unspecified atom stereocenters. The van der Waals surface area contributed by atoms with Crippen molar-refractivity contribution in [2.45, 2.75) is 32.4 Å². The standard InChI is InChI=1S/C23H24N6OS/c30-21(10-14-29-20-8-4-3-6-18(20)15-24-29)25-23-27-26-22(31-23)11-13-28-12-9-17-5-1-2-7-19(17)16-28/h1-8,15H,9-14,16H2,(H,25,27,30). The predicted octanol–water partition coefficient (Wildman–Crippen LogP) is 3.52. The minimum Gasteiger partial charge on any atom is -0.300 e. The highest BCUT2D eigenvalue weighted by molar-refractivity contribution is 7.15. The van der Waals surface area contributed by atoms with Crippen molar-refractivity contribution in [2.24, 2.45) is 0 Å². The van der Waals surface area contributed by atoms with Crippen LogP contribution in [0.4, 0.5) is 5.13 Å². The summed E-state index contributed by atoms with van der Waals surface area (Å²) in [6.07, 6.45) is 4.10. The number of carbonyl (C=O) groups is 1. The van der Waals surface area contributed by atoms with Crippen molar-refractivity contribution in [1.82, 2.24) is 24.9 Å². The summed E-state index contributed by atoms with van der Waals surface area (Å²) in [5.74, 6) is -0.0741. The third kappa shape index (κ3) is 4.65. The molecule has 2 aromatic heterocycles. The molecule has 0 atom stereocenters. The van der Waals surface area contributed by atoms with Crippen LogP contribution in [0.15, 0.2) is 54.7 Å². The summed E-state index contributed by atoms with van der Waals surface area (Å²) < 4.78 is 1.86. The van der Waals surface area contributed by atoms with Crippen LogP contribution in [0.3, 0.4) is 0 Å². The maximum absolute atomic E-state index is 12.4. The molecule has 0 spiro atoms. The number of nitrogens with one attached hydrogen (secondary N) is 1. The minimum atomic E-state index is -0.0741. The number of amides is 1. The van der Waals surface area contributed by atoms with Crippen LogP contribution >= 0.6 is 11.3 Å². The van der Waals surface area contributed by atoms with E-state index in [-0.39, 0.29) is 5.91 Å². The van der Waals surface area contributed by atoms with Crippen LogP contribution < -0.4 is 5.32 Å². The Hall–Kier alpha value is -3.10. The van der Waals surface area contributed by atoms with Crippen molar-refractivity contribution in [3.63, 3.8) is 0 Å². The maximum atomic E-state index is 12.4. The van der Waals surface area contributed by atoms with E-state index in [9.17, 15) is 4.79 Å². The summed E-state index contributed by atoms with van der Waals surface area (Å²) in [5.41, 5.74) is 3.92. The number of nitrogens with zero attached hydrogens (tertiary/aromatic N) is 5. The lowest BCUT2D eigenvalue weighted by molar-refractivity contribution is -0.116. The first kappa shape index (κ1) is 19.8. The van der Waals surface area contributed by atoms with Crippen molar-refractivity contribution >= 4 is 33.3 Å². The summed E-state index contributed by atoms with van der Waals surface area (Å²) in [4.78, 5) is 14.8. The Kier molecular flexibility index (Phi) is 5.73. The molecule has 1 N–H and O–H groups in total. The highest BCUT2D eigenvalue weighted by Crippen LogP contribution is 2.21. The first-order valence-electron chi connectivity index (χ1n) is 10.6. The van der Waals surface area contributed by atoms with Crippen LogP contribution in [-0.4, -0.2) is 43.9 Å². The van der Waals surface area contributed by atoms with E-state index in [4.69, 9.17) is 0 Å². The summed E-state index contributed by atoms with van der Waals surface area (Å²) >= 11 is 1.46. The third-order valence-corrected chi connectivity index (χ3v) is 6.56. The monoisotopic (exact) mass is 432 g/mol. The van der Waals surface area contributed by atoms with Gasteiger partial charge in [0.1, 0.15) is 5.01 Å². The third-order valence-electron chi connectivity index (χ3n) is 5.67. The number of benzene rings is 2. The lowest BCUT2D eigenvalue weighted by Gasteiger charge is -2.28. The number of hydrogen-bond acceptors (Lipinski definition) is 6. The zero-order valence-electron chi connectivity index (χ0n) is 17.2. The number of hydrogen-bond donors (Lipinski definition) is 1. The van der Waals surface area contributed by atoms with E-state index < -0.39 is 0 Å². The van der Waals surface area contributed by atoms with Crippen LogP contribution in [0.1, 0.15) is 22.6 Å². The summed E-state index contributed by atoms with van der Waals surface area (Å²) in [5, 5.41) is 18.2. The van der Waals surface area contributed by atoms with Crippen molar-refractivity contribution in [3.05, 3.63) is 70.9 Å². The van der Waals surface area contributed by atoms with Gasteiger partial charge in [0, 0.05) is 37.9 Å². The van der Waals surface area contributed by atoms with Gasteiger partial charge in [-0.25, -0.2) is 0 Å². The lowest BCUT2D eigenvalue weighted by Crippen LogP contribution is -2.32. The van der Waals surface area contributed by atoms with Gasteiger partial charge in [-0.05, 0) is 23.6 Å². The average Bonchev–Trinajstić information content (AvgIpc) is 3.43.